The van der Waals surface area contributed by atoms with Crippen molar-refractivity contribution in [2.75, 3.05) is 11.9 Å². The number of benzene rings is 1. The molecule has 1 unspecified atom stereocenters. The Morgan fingerprint density at radius 3 is 3.00 bits per heavy atom. The Morgan fingerprint density at radius 2 is 2.31 bits per heavy atom. The average Bonchev–Trinajstić information content (AvgIpc) is 2.20. The summed E-state index contributed by atoms with van der Waals surface area (Å²) in [6, 6.07) is 3.37. The molecular weight excluding hydrogens is 295 g/mol. The lowest BCUT2D eigenvalue weighted by Gasteiger charge is -2.26. The molecule has 0 aromatic heterocycles. The Hall–Kier alpha value is -0.780. The Morgan fingerprint density at radius 1 is 1.56 bits per heavy atom. The molecule has 86 valence electrons. The predicted molar refractivity (Wildman–Crippen MR) is 65.9 cm³/mol. The van der Waals surface area contributed by atoms with Crippen molar-refractivity contribution in [3.05, 3.63) is 21.6 Å². The first kappa shape index (κ1) is 11.7. The third-order valence-corrected chi connectivity index (χ3v) is 3.05. The summed E-state index contributed by atoms with van der Waals surface area (Å²) in [7, 11) is 0. The Bertz CT molecular complexity index is 439. The number of halogens is 2. The average molecular weight is 306 g/mol. The number of nitrogens with two attached hydrogens (primary N) is 1. The van der Waals surface area contributed by atoms with E-state index in [1.165, 1.54) is 0 Å². The molecule has 0 saturated carbocycles. The number of nitrogens with one attached hydrogen (secondary N) is 1. The molecule has 0 fully saturated rings. The van der Waals surface area contributed by atoms with E-state index in [4.69, 9.17) is 22.1 Å². The van der Waals surface area contributed by atoms with Gasteiger partial charge in [-0.05, 0) is 34.6 Å². The first-order valence-electron chi connectivity index (χ1n) is 4.78. The molecule has 0 bridgehead atoms. The molecule has 1 heterocycles. The molecule has 1 amide bonds. The van der Waals surface area contributed by atoms with E-state index in [9.17, 15) is 4.79 Å². The molecule has 1 aliphatic rings. The summed E-state index contributed by atoms with van der Waals surface area (Å²) in [4.78, 5) is 11.6. The van der Waals surface area contributed by atoms with Gasteiger partial charge in [-0.15, -0.1) is 0 Å². The molecule has 1 aromatic carbocycles. The number of hydrogen-bond donors (Lipinski definition) is 2. The maximum atomic E-state index is 11.6. The maximum absolute atomic E-state index is 11.6. The van der Waals surface area contributed by atoms with Gasteiger partial charge in [0.15, 0.2) is 11.9 Å². The zero-order chi connectivity index (χ0) is 11.7. The van der Waals surface area contributed by atoms with Gasteiger partial charge >= 0.3 is 0 Å². The number of anilines is 1. The normalized spacial score (nSPS) is 18.7. The van der Waals surface area contributed by atoms with E-state index in [1.54, 1.807) is 12.1 Å². The van der Waals surface area contributed by atoms with Crippen molar-refractivity contribution < 1.29 is 9.53 Å². The van der Waals surface area contributed by atoms with E-state index in [-0.39, 0.29) is 5.91 Å². The molecule has 0 spiro atoms. The molecular formula is C10H10BrClN2O2. The van der Waals surface area contributed by atoms with E-state index < -0.39 is 6.10 Å². The molecule has 4 nitrogen and oxygen atoms in total. The molecule has 2 rings (SSSR count). The first-order chi connectivity index (χ1) is 7.61. The number of rotatable bonds is 2. The van der Waals surface area contributed by atoms with Crippen LogP contribution < -0.4 is 15.8 Å². The quantitative estimate of drug-likeness (QED) is 0.880. The lowest BCUT2D eigenvalue weighted by atomic mass is 10.1. The highest BCUT2D eigenvalue weighted by Gasteiger charge is 2.28. The zero-order valence-corrected chi connectivity index (χ0v) is 10.6. The summed E-state index contributed by atoms with van der Waals surface area (Å²) in [5, 5.41) is 3.28. The van der Waals surface area contributed by atoms with Crippen LogP contribution in [0.1, 0.15) is 6.42 Å². The van der Waals surface area contributed by atoms with Crippen molar-refractivity contribution in [3.63, 3.8) is 0 Å². The van der Waals surface area contributed by atoms with Crippen LogP contribution in [0, 0.1) is 0 Å². The van der Waals surface area contributed by atoms with Crippen molar-refractivity contribution in [3.8, 4) is 5.75 Å². The number of amides is 1. The maximum Gasteiger partial charge on any atom is 0.265 e. The molecule has 6 heteroatoms. The molecule has 0 saturated heterocycles. The number of carbonyl (C=O) groups is 1. The van der Waals surface area contributed by atoms with Crippen LogP contribution in [0.2, 0.25) is 5.02 Å². The molecule has 0 radical (unpaired) electrons. The molecule has 1 atom stereocenters. The molecule has 1 aromatic rings. The fourth-order valence-electron chi connectivity index (χ4n) is 1.52. The third-order valence-electron chi connectivity index (χ3n) is 2.25. The second-order valence-electron chi connectivity index (χ2n) is 3.44. The van der Waals surface area contributed by atoms with E-state index >= 15 is 0 Å². The molecule has 16 heavy (non-hydrogen) atoms. The Labute approximate surface area is 106 Å². The monoisotopic (exact) mass is 304 g/mol. The van der Waals surface area contributed by atoms with Gasteiger partial charge in [-0.1, -0.05) is 11.6 Å². The number of hydrogen-bond acceptors (Lipinski definition) is 3. The van der Waals surface area contributed by atoms with Crippen LogP contribution in [0.5, 0.6) is 5.75 Å². The van der Waals surface area contributed by atoms with E-state index in [1.807, 2.05) is 0 Å². The standard InChI is InChI=1S/C10H10BrClN2O2/c11-6-3-5(12)4-7-9(6)16-8(1-2-13)10(15)14-7/h3-4,8H,1-2,13H2,(H,14,15). The van der Waals surface area contributed by atoms with E-state index in [2.05, 4.69) is 21.2 Å². The molecule has 0 aliphatic carbocycles. The molecule has 1 aliphatic heterocycles. The van der Waals surface area contributed by atoms with Crippen molar-refractivity contribution in [2.45, 2.75) is 12.5 Å². The summed E-state index contributed by atoms with van der Waals surface area (Å²) >= 11 is 9.21. The number of ether oxygens (including phenoxy) is 1. The van der Waals surface area contributed by atoms with Gasteiger partial charge in [-0.2, -0.15) is 0 Å². The van der Waals surface area contributed by atoms with Gasteiger partial charge in [-0.25, -0.2) is 0 Å². The minimum Gasteiger partial charge on any atom is -0.477 e. The summed E-state index contributed by atoms with van der Waals surface area (Å²) in [6.07, 6.45) is -0.0460. The van der Waals surface area contributed by atoms with Gasteiger partial charge in [0.1, 0.15) is 0 Å². The van der Waals surface area contributed by atoms with E-state index in [0.29, 0.717) is 29.4 Å². The highest BCUT2D eigenvalue weighted by Crippen LogP contribution is 2.39. The topological polar surface area (TPSA) is 64.3 Å². The fourth-order valence-corrected chi connectivity index (χ4v) is 2.43. The van der Waals surface area contributed by atoms with Crippen LogP contribution in [0.4, 0.5) is 5.69 Å². The largest absolute Gasteiger partial charge is 0.477 e. The van der Waals surface area contributed by atoms with Crippen molar-refractivity contribution in [1.29, 1.82) is 0 Å². The number of fused-ring (bicyclic) bond motifs is 1. The Balaban J connectivity index is 2.35. The van der Waals surface area contributed by atoms with Crippen LogP contribution >= 0.6 is 27.5 Å². The van der Waals surface area contributed by atoms with Gasteiger partial charge in [-0.3, -0.25) is 4.79 Å². The molecule has 3 N–H and O–H groups in total. The first-order valence-corrected chi connectivity index (χ1v) is 5.95. The lowest BCUT2D eigenvalue weighted by Crippen LogP contribution is -2.38. The summed E-state index contributed by atoms with van der Waals surface area (Å²) < 4.78 is 6.29. The predicted octanol–water partition coefficient (Wildman–Crippen LogP) is 2.15. The van der Waals surface area contributed by atoms with Crippen LogP contribution in [0.25, 0.3) is 0 Å². The zero-order valence-electron chi connectivity index (χ0n) is 8.30. The van der Waals surface area contributed by atoms with Crippen molar-refractivity contribution in [2.24, 2.45) is 5.73 Å². The van der Waals surface area contributed by atoms with Gasteiger partial charge in [0.2, 0.25) is 0 Å². The van der Waals surface area contributed by atoms with Crippen LogP contribution in [0.3, 0.4) is 0 Å². The second kappa shape index (κ2) is 4.61. The van der Waals surface area contributed by atoms with Crippen LogP contribution in [0.15, 0.2) is 16.6 Å². The SMILES string of the molecule is NCCC1Oc2c(Br)cc(Cl)cc2NC1=O. The highest BCUT2D eigenvalue weighted by molar-refractivity contribution is 9.10. The van der Waals surface area contributed by atoms with Gasteiger partial charge in [0.05, 0.1) is 10.2 Å². The van der Waals surface area contributed by atoms with Gasteiger partial charge in [0.25, 0.3) is 5.91 Å². The van der Waals surface area contributed by atoms with Crippen molar-refractivity contribution in [1.82, 2.24) is 0 Å². The Kier molecular flexibility index (Phi) is 3.37. The van der Waals surface area contributed by atoms with Crippen molar-refractivity contribution >= 4 is 39.1 Å². The second-order valence-corrected chi connectivity index (χ2v) is 4.73. The smallest absolute Gasteiger partial charge is 0.265 e. The van der Waals surface area contributed by atoms with Crippen LogP contribution in [-0.2, 0) is 4.79 Å². The van der Waals surface area contributed by atoms with Gasteiger partial charge in [0, 0.05) is 11.4 Å². The minimum absolute atomic E-state index is 0.188. The lowest BCUT2D eigenvalue weighted by molar-refractivity contribution is -0.123. The fraction of sp³-hybridized carbons (Fsp3) is 0.300. The summed E-state index contributed by atoms with van der Waals surface area (Å²) in [6.45, 7) is 0.401. The highest BCUT2D eigenvalue weighted by atomic mass is 79.9. The van der Waals surface area contributed by atoms with Crippen LogP contribution in [-0.4, -0.2) is 18.6 Å². The summed E-state index contributed by atoms with van der Waals surface area (Å²) in [5.74, 6) is 0.412. The summed E-state index contributed by atoms with van der Waals surface area (Å²) in [5.41, 5.74) is 5.99. The number of carbonyl (C=O) groups excluding carboxylic acids is 1. The third kappa shape index (κ3) is 2.16. The van der Waals surface area contributed by atoms with E-state index in [0.717, 1.165) is 4.47 Å². The van der Waals surface area contributed by atoms with Gasteiger partial charge < -0.3 is 15.8 Å². The minimum atomic E-state index is -0.532.